The van der Waals surface area contributed by atoms with Crippen LogP contribution in [0.5, 0.6) is 5.75 Å². The Morgan fingerprint density at radius 2 is 1.97 bits per heavy atom. The fraction of sp³-hybridized carbons (Fsp3) is 0.292. The molecule has 0 fully saturated rings. The summed E-state index contributed by atoms with van der Waals surface area (Å²) in [6, 6.07) is 11.5. The molecule has 0 unspecified atom stereocenters. The van der Waals surface area contributed by atoms with Crippen LogP contribution in [0, 0.1) is 0 Å². The van der Waals surface area contributed by atoms with Crippen molar-refractivity contribution in [1.82, 2.24) is 30.0 Å². The molecule has 9 heteroatoms. The smallest absolute Gasteiger partial charge is 0.217 e. The van der Waals surface area contributed by atoms with Crippen molar-refractivity contribution in [3.8, 4) is 17.1 Å². The Hall–Kier alpha value is -4.01. The predicted octanol–water partition coefficient (Wildman–Crippen LogP) is 3.06. The SMILES string of the molecule is CCn1ncc2c(N(C)CCOc3ccc(CNC(C)=O)cc3)nc(-c3cccnc3)nc21. The second-order valence-corrected chi connectivity index (χ2v) is 7.63. The highest BCUT2D eigenvalue weighted by molar-refractivity contribution is 5.88. The van der Waals surface area contributed by atoms with Gasteiger partial charge < -0.3 is 15.0 Å². The van der Waals surface area contributed by atoms with Crippen LogP contribution in [0.3, 0.4) is 0 Å². The molecule has 1 amide bonds. The molecule has 3 aromatic heterocycles. The van der Waals surface area contributed by atoms with Gasteiger partial charge in [-0.25, -0.2) is 14.6 Å². The largest absolute Gasteiger partial charge is 0.492 e. The Balaban J connectivity index is 1.48. The molecule has 0 aliphatic heterocycles. The van der Waals surface area contributed by atoms with Crippen molar-refractivity contribution in [3.63, 3.8) is 0 Å². The number of amides is 1. The first-order valence-electron chi connectivity index (χ1n) is 10.9. The standard InChI is InChI=1S/C24H27N7O2/c1-4-31-24-21(16-27-31)23(28-22(29-24)19-6-5-11-25-15-19)30(3)12-13-33-20-9-7-18(8-10-20)14-26-17(2)32/h5-11,15-16H,4,12-14H2,1-3H3,(H,26,32). The quantitative estimate of drug-likeness (QED) is 0.423. The fourth-order valence-electron chi connectivity index (χ4n) is 3.42. The summed E-state index contributed by atoms with van der Waals surface area (Å²) in [7, 11) is 1.98. The van der Waals surface area contributed by atoms with E-state index in [9.17, 15) is 4.79 Å². The molecule has 1 N–H and O–H groups in total. The van der Waals surface area contributed by atoms with E-state index < -0.39 is 0 Å². The van der Waals surface area contributed by atoms with Crippen LogP contribution in [-0.4, -0.2) is 50.8 Å². The monoisotopic (exact) mass is 445 g/mol. The molecule has 3 heterocycles. The first-order valence-corrected chi connectivity index (χ1v) is 10.9. The Morgan fingerprint density at radius 3 is 2.67 bits per heavy atom. The Labute approximate surface area is 192 Å². The Kier molecular flexibility index (Phi) is 6.77. The highest BCUT2D eigenvalue weighted by Gasteiger charge is 2.16. The van der Waals surface area contributed by atoms with Crippen molar-refractivity contribution in [3.05, 3.63) is 60.6 Å². The number of hydrogen-bond donors (Lipinski definition) is 1. The van der Waals surface area contributed by atoms with Crippen LogP contribution in [0.2, 0.25) is 0 Å². The summed E-state index contributed by atoms with van der Waals surface area (Å²) in [4.78, 5) is 26.9. The highest BCUT2D eigenvalue weighted by atomic mass is 16.5. The van der Waals surface area contributed by atoms with E-state index in [-0.39, 0.29) is 5.91 Å². The minimum atomic E-state index is -0.0478. The molecule has 1 aromatic carbocycles. The van der Waals surface area contributed by atoms with Crippen LogP contribution in [0.15, 0.2) is 55.0 Å². The predicted molar refractivity (Wildman–Crippen MR) is 127 cm³/mol. The molecule has 33 heavy (non-hydrogen) atoms. The molecule has 0 saturated heterocycles. The van der Waals surface area contributed by atoms with Gasteiger partial charge in [0.1, 0.15) is 18.2 Å². The number of anilines is 1. The number of pyridine rings is 1. The summed E-state index contributed by atoms with van der Waals surface area (Å²) in [5, 5.41) is 8.15. The van der Waals surface area contributed by atoms with E-state index in [1.165, 1.54) is 6.92 Å². The van der Waals surface area contributed by atoms with Crippen LogP contribution in [0.1, 0.15) is 19.4 Å². The first kappa shape index (κ1) is 22.2. The van der Waals surface area contributed by atoms with Crippen molar-refractivity contribution in [2.45, 2.75) is 26.9 Å². The molecular formula is C24H27N7O2. The van der Waals surface area contributed by atoms with E-state index in [0.29, 0.717) is 25.5 Å². The summed E-state index contributed by atoms with van der Waals surface area (Å²) >= 11 is 0. The Bertz CT molecular complexity index is 1220. The third-order valence-corrected chi connectivity index (χ3v) is 5.22. The number of benzene rings is 1. The maximum absolute atomic E-state index is 11.1. The van der Waals surface area contributed by atoms with Crippen LogP contribution in [-0.2, 0) is 17.9 Å². The number of nitrogens with zero attached hydrogens (tertiary/aromatic N) is 6. The normalized spacial score (nSPS) is 10.9. The summed E-state index contributed by atoms with van der Waals surface area (Å²) < 4.78 is 7.80. The topological polar surface area (TPSA) is 98.1 Å². The van der Waals surface area contributed by atoms with E-state index in [1.54, 1.807) is 12.4 Å². The number of ether oxygens (including phenoxy) is 1. The van der Waals surface area contributed by atoms with Crippen LogP contribution < -0.4 is 15.0 Å². The molecule has 9 nitrogen and oxygen atoms in total. The van der Waals surface area contributed by atoms with Gasteiger partial charge in [0.05, 0.1) is 18.1 Å². The molecule has 0 spiro atoms. The van der Waals surface area contributed by atoms with Crippen LogP contribution >= 0.6 is 0 Å². The fourth-order valence-corrected chi connectivity index (χ4v) is 3.42. The second kappa shape index (κ2) is 10.1. The van der Waals surface area contributed by atoms with Gasteiger partial charge in [0, 0.05) is 45.0 Å². The van der Waals surface area contributed by atoms with Gasteiger partial charge in [-0.1, -0.05) is 12.1 Å². The number of nitrogens with one attached hydrogen (secondary N) is 1. The van der Waals surface area contributed by atoms with Crippen molar-refractivity contribution in [1.29, 1.82) is 0 Å². The van der Waals surface area contributed by atoms with E-state index in [1.807, 2.05) is 61.2 Å². The molecule has 0 radical (unpaired) electrons. The number of hydrogen-bond acceptors (Lipinski definition) is 7. The third-order valence-electron chi connectivity index (χ3n) is 5.22. The lowest BCUT2D eigenvalue weighted by Crippen LogP contribution is -2.25. The van der Waals surface area contributed by atoms with Gasteiger partial charge in [-0.3, -0.25) is 9.78 Å². The molecule has 4 aromatic rings. The average Bonchev–Trinajstić information content (AvgIpc) is 3.26. The van der Waals surface area contributed by atoms with E-state index in [2.05, 4.69) is 20.3 Å². The van der Waals surface area contributed by atoms with Gasteiger partial charge in [0.25, 0.3) is 0 Å². The number of fused-ring (bicyclic) bond motifs is 1. The zero-order valence-corrected chi connectivity index (χ0v) is 19.0. The number of aromatic nitrogens is 5. The molecule has 0 aliphatic carbocycles. The first-order chi connectivity index (χ1) is 16.0. The zero-order valence-electron chi connectivity index (χ0n) is 19.0. The lowest BCUT2D eigenvalue weighted by atomic mass is 10.2. The molecular weight excluding hydrogens is 418 g/mol. The molecule has 0 bridgehead atoms. The number of rotatable bonds is 9. The lowest BCUT2D eigenvalue weighted by molar-refractivity contribution is -0.119. The average molecular weight is 446 g/mol. The van der Waals surface area contributed by atoms with Crippen molar-refractivity contribution < 1.29 is 9.53 Å². The third kappa shape index (κ3) is 5.25. The number of carbonyl (C=O) groups is 1. The van der Waals surface area contributed by atoms with Crippen molar-refractivity contribution >= 4 is 22.8 Å². The highest BCUT2D eigenvalue weighted by Crippen LogP contribution is 2.26. The molecule has 0 atom stereocenters. The van der Waals surface area contributed by atoms with Gasteiger partial charge in [0.15, 0.2) is 11.5 Å². The number of aryl methyl sites for hydroxylation is 1. The van der Waals surface area contributed by atoms with Gasteiger partial charge in [-0.15, -0.1) is 0 Å². The van der Waals surface area contributed by atoms with Gasteiger partial charge in [0.2, 0.25) is 5.91 Å². The van der Waals surface area contributed by atoms with Crippen molar-refractivity contribution in [2.24, 2.45) is 0 Å². The van der Waals surface area contributed by atoms with E-state index >= 15 is 0 Å². The summed E-state index contributed by atoms with van der Waals surface area (Å²) in [5.74, 6) is 2.14. The molecule has 170 valence electrons. The lowest BCUT2D eigenvalue weighted by Gasteiger charge is -2.20. The number of carbonyl (C=O) groups excluding carboxylic acids is 1. The van der Waals surface area contributed by atoms with E-state index in [0.717, 1.165) is 40.3 Å². The molecule has 0 aliphatic rings. The summed E-state index contributed by atoms with van der Waals surface area (Å²) in [6.45, 7) is 5.88. The minimum Gasteiger partial charge on any atom is -0.492 e. The van der Waals surface area contributed by atoms with Crippen molar-refractivity contribution in [2.75, 3.05) is 25.1 Å². The van der Waals surface area contributed by atoms with E-state index in [4.69, 9.17) is 14.7 Å². The zero-order chi connectivity index (χ0) is 23.2. The van der Waals surface area contributed by atoms with Crippen LogP contribution in [0.4, 0.5) is 5.82 Å². The van der Waals surface area contributed by atoms with Gasteiger partial charge in [-0.2, -0.15) is 5.10 Å². The summed E-state index contributed by atoms with van der Waals surface area (Å²) in [5.41, 5.74) is 2.67. The maximum Gasteiger partial charge on any atom is 0.217 e. The van der Waals surface area contributed by atoms with Gasteiger partial charge >= 0.3 is 0 Å². The second-order valence-electron chi connectivity index (χ2n) is 7.63. The number of likely N-dealkylation sites (N-methyl/N-ethyl adjacent to an activating group) is 1. The van der Waals surface area contributed by atoms with Crippen LogP contribution in [0.25, 0.3) is 22.4 Å². The molecule has 0 saturated carbocycles. The molecule has 4 rings (SSSR count). The maximum atomic E-state index is 11.1. The minimum absolute atomic E-state index is 0.0478. The summed E-state index contributed by atoms with van der Waals surface area (Å²) in [6.07, 6.45) is 5.30. The van der Waals surface area contributed by atoms with Gasteiger partial charge in [-0.05, 0) is 36.8 Å². The Morgan fingerprint density at radius 1 is 1.15 bits per heavy atom.